The maximum Gasteiger partial charge on any atom is -0.870 e. The van der Waals surface area contributed by atoms with Gasteiger partial charge in [0, 0.05) is 0 Å². The molecule has 0 aliphatic rings. The van der Waals surface area contributed by atoms with E-state index < -0.39 is 0 Å². The van der Waals surface area contributed by atoms with Gasteiger partial charge >= 0.3 is 79.0 Å². The largest absolute Gasteiger partial charge is 0.870 e. The molecule has 0 saturated heterocycles. The fourth-order valence-corrected chi connectivity index (χ4v) is 1.35. The van der Waals surface area contributed by atoms with Crippen LogP contribution in [0.2, 0.25) is 0 Å². The maximum atomic E-state index is 5.70. The molecule has 74 valence electrons. The minimum atomic E-state index is 0. The average molecular weight is 198 g/mol. The van der Waals surface area contributed by atoms with Crippen LogP contribution in [0.5, 0.6) is 0 Å². The van der Waals surface area contributed by atoms with Crippen LogP contribution in [-0.4, -0.2) is 18.8 Å². The summed E-state index contributed by atoms with van der Waals surface area (Å²) >= 11 is 0. The molecule has 0 radical (unpaired) electrons. The van der Waals surface area contributed by atoms with E-state index in [-0.39, 0.29) is 11.0 Å². The van der Waals surface area contributed by atoms with E-state index >= 15 is 0 Å². The Bertz CT molecular complexity index is 401. The molecule has 2 aromatic rings. The third-order valence-corrected chi connectivity index (χ3v) is 1.99. The molecule has 0 atom stereocenters. The molecule has 3 heteroatoms. The number of rotatable bonds is 1. The summed E-state index contributed by atoms with van der Waals surface area (Å²) in [5.41, 5.74) is 3.18. The predicted molar refractivity (Wildman–Crippen MR) is 61.1 cm³/mol. The summed E-state index contributed by atoms with van der Waals surface area (Å²) in [5, 5.41) is 0. The Balaban J connectivity index is 0.000000980. The number of hydrogen-bond acceptors (Lipinski definition) is 2. The van der Waals surface area contributed by atoms with E-state index in [1.54, 1.807) is 0 Å². The van der Waals surface area contributed by atoms with Crippen molar-refractivity contribution < 1.29 is 11.0 Å². The van der Waals surface area contributed by atoms with Gasteiger partial charge in [-0.25, -0.2) is 0 Å². The smallest absolute Gasteiger partial charge is 0.870 e. The molecule has 2 nitrogen and oxygen atoms in total. The first-order valence-electron chi connectivity index (χ1n) is 4.27. The van der Waals surface area contributed by atoms with Gasteiger partial charge in [0.2, 0.25) is 0 Å². The Morgan fingerprint density at radius 2 is 1.27 bits per heavy atom. The van der Waals surface area contributed by atoms with Crippen molar-refractivity contribution in [1.29, 1.82) is 0 Å². The summed E-state index contributed by atoms with van der Waals surface area (Å²) in [6, 6.07) is 18.1. The quantitative estimate of drug-likeness (QED) is 0.655. The molecule has 2 aromatic carbocycles. The molecule has 2 rings (SSSR count). The molecule has 0 amide bonds. The van der Waals surface area contributed by atoms with Crippen LogP contribution in [0.4, 0.5) is 0 Å². The van der Waals surface area contributed by atoms with Crippen LogP contribution < -0.4 is 5.46 Å². The first-order chi connectivity index (χ1) is 6.36. The van der Waals surface area contributed by atoms with E-state index in [4.69, 9.17) is 7.85 Å². The monoisotopic (exact) mass is 198 g/mol. The van der Waals surface area contributed by atoms with Crippen LogP contribution in [0.15, 0.2) is 54.6 Å². The van der Waals surface area contributed by atoms with Crippen LogP contribution >= 0.6 is 0 Å². The van der Waals surface area contributed by atoms with Crippen molar-refractivity contribution in [2.75, 3.05) is 0 Å². The fourth-order valence-electron chi connectivity index (χ4n) is 1.35. The minimum Gasteiger partial charge on any atom is -0.870 e. The molecule has 0 aliphatic carbocycles. The van der Waals surface area contributed by atoms with Crippen LogP contribution in [-0.2, 0) is 0 Å². The van der Waals surface area contributed by atoms with E-state index in [0.29, 0.717) is 0 Å². The van der Waals surface area contributed by atoms with Gasteiger partial charge in [0.15, 0.2) is 0 Å². The van der Waals surface area contributed by atoms with Gasteiger partial charge < -0.3 is 11.0 Å². The van der Waals surface area contributed by atoms with Crippen molar-refractivity contribution in [1.82, 2.24) is 0 Å². The van der Waals surface area contributed by atoms with Crippen molar-refractivity contribution in [3.63, 3.8) is 0 Å². The second-order valence-electron chi connectivity index (χ2n) is 2.99. The van der Waals surface area contributed by atoms with Gasteiger partial charge in [-0.3, -0.25) is 0 Å². The topological polar surface area (TPSA) is 60.0 Å². The first-order valence-corrected chi connectivity index (χ1v) is 4.27. The SMILES string of the molecule is [B+2]c1cccc(-c2ccccc2)c1.[OH-].[OH-]. The molecule has 0 aromatic heterocycles. The molecule has 0 fully saturated rings. The molecule has 15 heavy (non-hydrogen) atoms. The summed E-state index contributed by atoms with van der Waals surface area (Å²) in [5.74, 6) is 0. The van der Waals surface area contributed by atoms with Crippen LogP contribution in [0.3, 0.4) is 0 Å². The predicted octanol–water partition coefficient (Wildman–Crippen LogP) is 1.79. The van der Waals surface area contributed by atoms with E-state index in [9.17, 15) is 0 Å². The number of benzene rings is 2. The molecule has 0 heterocycles. The third kappa shape index (κ3) is 3.24. The van der Waals surface area contributed by atoms with E-state index in [1.165, 1.54) is 11.1 Å². The zero-order valence-electron chi connectivity index (χ0n) is 8.17. The Labute approximate surface area is 90.6 Å². The summed E-state index contributed by atoms with van der Waals surface area (Å²) in [7, 11) is 5.70. The molecular weight excluding hydrogens is 187 g/mol. The Morgan fingerprint density at radius 1 is 0.667 bits per heavy atom. The average Bonchev–Trinajstić information content (AvgIpc) is 2.19. The van der Waals surface area contributed by atoms with Gasteiger partial charge in [-0.15, -0.1) is 0 Å². The zero-order valence-corrected chi connectivity index (χ0v) is 8.17. The maximum absolute atomic E-state index is 5.70. The third-order valence-electron chi connectivity index (χ3n) is 1.99. The molecule has 0 aliphatic heterocycles. The zero-order chi connectivity index (χ0) is 9.10. The van der Waals surface area contributed by atoms with E-state index in [2.05, 4.69) is 18.2 Å². The second-order valence-corrected chi connectivity index (χ2v) is 2.99. The van der Waals surface area contributed by atoms with Gasteiger partial charge in [0.1, 0.15) is 0 Å². The van der Waals surface area contributed by atoms with Gasteiger partial charge in [-0.05, 0) is 0 Å². The first kappa shape index (κ1) is 13.4. The van der Waals surface area contributed by atoms with Crippen molar-refractivity contribution in [2.24, 2.45) is 0 Å². The van der Waals surface area contributed by atoms with E-state index in [1.807, 2.05) is 36.4 Å². The molecule has 0 unspecified atom stereocenters. The molecule has 0 bridgehead atoms. The summed E-state index contributed by atoms with van der Waals surface area (Å²) in [6.07, 6.45) is 0. The normalized spacial score (nSPS) is 8.67. The Hall–Kier alpha value is -1.58. The van der Waals surface area contributed by atoms with Gasteiger partial charge in [-0.1, -0.05) is 0 Å². The standard InChI is InChI=1S/C12H9B.2H2O/c13-12-8-4-7-11(9-12)10-5-2-1-3-6-10;;/h1-9H;2*1H2/q+2;;/p-2. The Kier molecular flexibility index (Phi) is 5.38. The van der Waals surface area contributed by atoms with E-state index in [0.717, 1.165) is 5.46 Å². The van der Waals surface area contributed by atoms with Crippen molar-refractivity contribution in [3.8, 4) is 11.1 Å². The minimum absolute atomic E-state index is 0. The molecular formula is C12H11BO2. The van der Waals surface area contributed by atoms with Crippen LogP contribution in [0, 0.1) is 0 Å². The van der Waals surface area contributed by atoms with Crippen LogP contribution in [0.1, 0.15) is 0 Å². The van der Waals surface area contributed by atoms with Gasteiger partial charge in [-0.2, -0.15) is 0 Å². The van der Waals surface area contributed by atoms with Crippen molar-refractivity contribution in [3.05, 3.63) is 54.6 Å². The fraction of sp³-hybridized carbons (Fsp3) is 0. The summed E-state index contributed by atoms with van der Waals surface area (Å²) in [4.78, 5) is 0. The number of hydrogen-bond donors (Lipinski definition) is 0. The van der Waals surface area contributed by atoms with Crippen molar-refractivity contribution in [2.45, 2.75) is 0 Å². The molecule has 0 spiro atoms. The van der Waals surface area contributed by atoms with Crippen molar-refractivity contribution >= 4 is 13.3 Å². The molecule has 0 saturated carbocycles. The summed E-state index contributed by atoms with van der Waals surface area (Å²) in [6.45, 7) is 0. The van der Waals surface area contributed by atoms with Gasteiger partial charge in [0.05, 0.1) is 0 Å². The van der Waals surface area contributed by atoms with Gasteiger partial charge in [0.25, 0.3) is 0 Å². The van der Waals surface area contributed by atoms with Crippen LogP contribution in [0.25, 0.3) is 11.1 Å². The Morgan fingerprint density at radius 3 is 1.87 bits per heavy atom. The molecule has 2 N–H and O–H groups in total. The summed E-state index contributed by atoms with van der Waals surface area (Å²) < 4.78 is 0. The second kappa shape index (κ2) is 6.01.